The van der Waals surface area contributed by atoms with Gasteiger partial charge in [0, 0.05) is 10.4 Å². The molecule has 84 valence electrons. The number of thiophene rings is 1. The van der Waals surface area contributed by atoms with Crippen molar-refractivity contribution in [2.75, 3.05) is 5.33 Å². The Morgan fingerprint density at radius 1 is 1.31 bits per heavy atom. The Bertz CT molecular complexity index is 439. The lowest BCUT2D eigenvalue weighted by Gasteiger charge is -2.13. The Morgan fingerprint density at radius 2 is 2.19 bits per heavy atom. The Hall–Kier alpha value is -0.310. The molecule has 3 heteroatoms. The topological polar surface area (TPSA) is 0 Å². The van der Waals surface area contributed by atoms with E-state index in [0.717, 1.165) is 16.8 Å². The van der Waals surface area contributed by atoms with E-state index in [1.807, 2.05) is 12.1 Å². The van der Waals surface area contributed by atoms with Crippen LogP contribution in [0.15, 0.2) is 41.1 Å². The molecule has 0 bridgehead atoms. The summed E-state index contributed by atoms with van der Waals surface area (Å²) in [6.45, 7) is 0. The molecule has 0 N–H and O–H groups in total. The highest BCUT2D eigenvalue weighted by atomic mass is 79.9. The summed E-state index contributed by atoms with van der Waals surface area (Å²) in [6.07, 6.45) is 1.06. The van der Waals surface area contributed by atoms with Crippen LogP contribution in [0.3, 0.4) is 0 Å². The average Bonchev–Trinajstić information content (AvgIpc) is 2.78. The van der Waals surface area contributed by atoms with Gasteiger partial charge in [0.05, 0.1) is 0 Å². The molecule has 1 heterocycles. The fourth-order valence-electron chi connectivity index (χ4n) is 1.72. The highest BCUT2D eigenvalue weighted by Crippen LogP contribution is 2.26. The van der Waals surface area contributed by atoms with E-state index in [1.54, 1.807) is 11.3 Å². The summed E-state index contributed by atoms with van der Waals surface area (Å²) in [5.74, 6) is 0.494. The molecule has 0 saturated heterocycles. The van der Waals surface area contributed by atoms with E-state index in [-0.39, 0.29) is 0 Å². The number of hydrogen-bond acceptors (Lipinski definition) is 1. The molecule has 0 aliphatic rings. The van der Waals surface area contributed by atoms with Crippen molar-refractivity contribution in [3.05, 3.63) is 57.2 Å². The van der Waals surface area contributed by atoms with Gasteiger partial charge in [-0.25, -0.2) is 0 Å². The first kappa shape index (κ1) is 12.2. The standard InChI is InChI=1S/C13H12BrClS/c14-8-12(6-10-4-5-16-9-10)11-2-1-3-13(15)7-11/h1-5,7,9,12H,6,8H2. The number of hydrogen-bond donors (Lipinski definition) is 0. The number of halogens is 2. The van der Waals surface area contributed by atoms with Crippen molar-refractivity contribution in [2.45, 2.75) is 12.3 Å². The molecule has 1 aromatic carbocycles. The Labute approximate surface area is 113 Å². The molecule has 1 atom stereocenters. The smallest absolute Gasteiger partial charge is 0.0408 e. The fourth-order valence-corrected chi connectivity index (χ4v) is 3.20. The minimum Gasteiger partial charge on any atom is -0.152 e. The van der Waals surface area contributed by atoms with E-state index in [0.29, 0.717) is 5.92 Å². The van der Waals surface area contributed by atoms with Gasteiger partial charge in [0.1, 0.15) is 0 Å². The molecule has 0 fully saturated rings. The normalized spacial score (nSPS) is 12.6. The second kappa shape index (κ2) is 5.85. The van der Waals surface area contributed by atoms with Crippen LogP contribution < -0.4 is 0 Å². The minimum atomic E-state index is 0.494. The second-order valence-electron chi connectivity index (χ2n) is 3.74. The van der Waals surface area contributed by atoms with Crippen LogP contribution in [-0.2, 0) is 6.42 Å². The molecule has 2 rings (SSSR count). The predicted molar refractivity (Wildman–Crippen MR) is 76.0 cm³/mol. The quantitative estimate of drug-likeness (QED) is 0.687. The lowest BCUT2D eigenvalue weighted by atomic mass is 9.95. The molecular weight excluding hydrogens is 304 g/mol. The van der Waals surface area contributed by atoms with Gasteiger partial charge in [0.15, 0.2) is 0 Å². The summed E-state index contributed by atoms with van der Waals surface area (Å²) >= 11 is 11.3. The largest absolute Gasteiger partial charge is 0.152 e. The fraction of sp³-hybridized carbons (Fsp3) is 0.231. The van der Waals surface area contributed by atoms with Gasteiger partial charge in [-0.05, 0) is 52.4 Å². The van der Waals surface area contributed by atoms with Crippen molar-refractivity contribution in [1.29, 1.82) is 0 Å². The third-order valence-corrected chi connectivity index (χ3v) is 4.32. The van der Waals surface area contributed by atoms with Gasteiger partial charge in [0.2, 0.25) is 0 Å². The van der Waals surface area contributed by atoms with Crippen LogP contribution in [0.25, 0.3) is 0 Å². The SMILES string of the molecule is Clc1cccc(C(CBr)Cc2ccsc2)c1. The molecule has 0 spiro atoms. The van der Waals surface area contributed by atoms with Crippen molar-refractivity contribution >= 4 is 38.9 Å². The minimum absolute atomic E-state index is 0.494. The zero-order valence-corrected chi connectivity index (χ0v) is 11.9. The third-order valence-electron chi connectivity index (χ3n) is 2.57. The molecule has 0 amide bonds. The first-order chi connectivity index (χ1) is 7.79. The van der Waals surface area contributed by atoms with E-state index in [1.165, 1.54) is 11.1 Å². The maximum atomic E-state index is 6.01. The van der Waals surface area contributed by atoms with Gasteiger partial charge in [-0.1, -0.05) is 39.7 Å². The van der Waals surface area contributed by atoms with Crippen LogP contribution in [-0.4, -0.2) is 5.33 Å². The molecule has 0 aliphatic carbocycles. The van der Waals surface area contributed by atoms with Crippen molar-refractivity contribution < 1.29 is 0 Å². The van der Waals surface area contributed by atoms with Gasteiger partial charge in [-0.15, -0.1) is 0 Å². The molecule has 0 radical (unpaired) electrons. The summed E-state index contributed by atoms with van der Waals surface area (Å²) in [5, 5.41) is 6.11. The molecule has 0 nitrogen and oxygen atoms in total. The summed E-state index contributed by atoms with van der Waals surface area (Å²) in [5.41, 5.74) is 2.70. The van der Waals surface area contributed by atoms with Crippen LogP contribution in [0.2, 0.25) is 5.02 Å². The highest BCUT2D eigenvalue weighted by molar-refractivity contribution is 9.09. The summed E-state index contributed by atoms with van der Waals surface area (Å²) in [6, 6.07) is 10.3. The molecule has 1 aromatic heterocycles. The van der Waals surface area contributed by atoms with Gasteiger partial charge in [0.25, 0.3) is 0 Å². The van der Waals surface area contributed by atoms with Crippen molar-refractivity contribution in [3.63, 3.8) is 0 Å². The molecule has 16 heavy (non-hydrogen) atoms. The van der Waals surface area contributed by atoms with Crippen LogP contribution in [0.4, 0.5) is 0 Å². The monoisotopic (exact) mass is 314 g/mol. The average molecular weight is 316 g/mol. The first-order valence-electron chi connectivity index (χ1n) is 5.12. The molecule has 2 aromatic rings. The van der Waals surface area contributed by atoms with Crippen LogP contribution in [0.1, 0.15) is 17.0 Å². The third kappa shape index (κ3) is 3.09. The first-order valence-corrected chi connectivity index (χ1v) is 7.56. The summed E-state index contributed by atoms with van der Waals surface area (Å²) in [4.78, 5) is 0. The lowest BCUT2D eigenvalue weighted by molar-refractivity contribution is 0.778. The van der Waals surface area contributed by atoms with Gasteiger partial charge in [-0.3, -0.25) is 0 Å². The van der Waals surface area contributed by atoms with Crippen molar-refractivity contribution in [2.24, 2.45) is 0 Å². The lowest BCUT2D eigenvalue weighted by Crippen LogP contribution is -2.03. The molecule has 1 unspecified atom stereocenters. The zero-order valence-electron chi connectivity index (χ0n) is 8.70. The van der Waals surface area contributed by atoms with Crippen LogP contribution in [0, 0.1) is 0 Å². The summed E-state index contributed by atoms with van der Waals surface area (Å²) < 4.78 is 0. The predicted octanol–water partition coefficient (Wildman–Crippen LogP) is 5.12. The van der Waals surface area contributed by atoms with Crippen LogP contribution >= 0.6 is 38.9 Å². The Morgan fingerprint density at radius 3 is 2.81 bits per heavy atom. The van der Waals surface area contributed by atoms with E-state index in [4.69, 9.17) is 11.6 Å². The van der Waals surface area contributed by atoms with E-state index in [9.17, 15) is 0 Å². The van der Waals surface area contributed by atoms with E-state index in [2.05, 4.69) is 44.9 Å². The summed E-state index contributed by atoms with van der Waals surface area (Å²) in [7, 11) is 0. The van der Waals surface area contributed by atoms with Gasteiger partial charge < -0.3 is 0 Å². The Balaban J connectivity index is 2.16. The molecular formula is C13H12BrClS. The van der Waals surface area contributed by atoms with Crippen molar-refractivity contribution in [3.8, 4) is 0 Å². The maximum Gasteiger partial charge on any atom is 0.0408 e. The number of rotatable bonds is 4. The Kier molecular flexibility index (Phi) is 4.45. The number of alkyl halides is 1. The molecule has 0 aliphatic heterocycles. The van der Waals surface area contributed by atoms with Crippen LogP contribution in [0.5, 0.6) is 0 Å². The van der Waals surface area contributed by atoms with Gasteiger partial charge >= 0.3 is 0 Å². The second-order valence-corrected chi connectivity index (χ2v) is 5.61. The molecule has 0 saturated carbocycles. The van der Waals surface area contributed by atoms with Gasteiger partial charge in [-0.2, -0.15) is 11.3 Å². The van der Waals surface area contributed by atoms with E-state index < -0.39 is 0 Å². The maximum absolute atomic E-state index is 6.01. The number of benzene rings is 1. The zero-order chi connectivity index (χ0) is 11.4. The van der Waals surface area contributed by atoms with Crippen molar-refractivity contribution in [1.82, 2.24) is 0 Å². The van der Waals surface area contributed by atoms with E-state index >= 15 is 0 Å². The highest BCUT2D eigenvalue weighted by Gasteiger charge is 2.11.